The second-order valence-electron chi connectivity index (χ2n) is 3.77. The van der Waals surface area contributed by atoms with Gasteiger partial charge in [0.1, 0.15) is 6.54 Å². The largest absolute Gasteiger partial charge is 0.493 e. The third kappa shape index (κ3) is 5.76. The Morgan fingerprint density at radius 3 is 2.58 bits per heavy atom. The van der Waals surface area contributed by atoms with E-state index in [4.69, 9.17) is 14.6 Å². The van der Waals surface area contributed by atoms with Crippen LogP contribution < -0.4 is 14.8 Å². The maximum Gasteiger partial charge on any atom is 0.322 e. The number of nitrogens with one attached hydrogen (secondary N) is 1. The zero-order valence-electron chi connectivity index (χ0n) is 10.7. The molecule has 1 aromatic rings. The Bertz CT molecular complexity index is 433. The molecule has 0 atom stereocenters. The van der Waals surface area contributed by atoms with Crippen LogP contribution in [0.15, 0.2) is 24.3 Å². The first-order valence-electron chi connectivity index (χ1n) is 5.88. The number of benzene rings is 1. The van der Waals surface area contributed by atoms with Crippen molar-refractivity contribution >= 4 is 11.9 Å². The molecular weight excluding hydrogens is 250 g/mol. The Morgan fingerprint density at radius 1 is 1.26 bits per heavy atom. The van der Waals surface area contributed by atoms with Crippen LogP contribution in [0.4, 0.5) is 0 Å². The van der Waals surface area contributed by atoms with Gasteiger partial charge < -0.3 is 19.9 Å². The highest BCUT2D eigenvalue weighted by Crippen LogP contribution is 2.25. The predicted octanol–water partition coefficient (Wildman–Crippen LogP) is 1.05. The molecule has 0 spiro atoms. The van der Waals surface area contributed by atoms with Gasteiger partial charge in [0.05, 0.1) is 13.7 Å². The van der Waals surface area contributed by atoms with Gasteiger partial charge >= 0.3 is 5.97 Å². The van der Waals surface area contributed by atoms with Gasteiger partial charge in [-0.25, -0.2) is 0 Å². The van der Waals surface area contributed by atoms with Crippen LogP contribution in [-0.2, 0) is 9.59 Å². The van der Waals surface area contributed by atoms with Crippen LogP contribution in [0.2, 0.25) is 0 Å². The monoisotopic (exact) mass is 267 g/mol. The van der Waals surface area contributed by atoms with Crippen LogP contribution in [0.25, 0.3) is 0 Å². The van der Waals surface area contributed by atoms with Crippen molar-refractivity contribution in [1.29, 1.82) is 0 Å². The fraction of sp³-hybridized carbons (Fsp3) is 0.385. The molecule has 1 amide bonds. The van der Waals surface area contributed by atoms with Crippen molar-refractivity contribution < 1.29 is 24.2 Å². The SMILES string of the molecule is COc1ccccc1OCCCC(=O)NCC(=O)O. The van der Waals surface area contributed by atoms with E-state index in [0.717, 1.165) is 0 Å². The molecule has 0 unspecified atom stereocenters. The minimum atomic E-state index is -1.06. The zero-order chi connectivity index (χ0) is 14.1. The van der Waals surface area contributed by atoms with Gasteiger partial charge in [0, 0.05) is 6.42 Å². The average Bonchev–Trinajstić information content (AvgIpc) is 2.41. The Labute approximate surface area is 111 Å². The summed E-state index contributed by atoms with van der Waals surface area (Å²) in [6, 6.07) is 7.24. The van der Waals surface area contributed by atoms with E-state index in [1.807, 2.05) is 12.1 Å². The smallest absolute Gasteiger partial charge is 0.322 e. The van der Waals surface area contributed by atoms with E-state index in [2.05, 4.69) is 5.32 Å². The highest BCUT2D eigenvalue weighted by Gasteiger charge is 2.05. The van der Waals surface area contributed by atoms with E-state index in [1.54, 1.807) is 19.2 Å². The number of aliphatic carboxylic acids is 1. The van der Waals surface area contributed by atoms with E-state index in [1.165, 1.54) is 0 Å². The molecule has 1 rings (SSSR count). The number of rotatable bonds is 8. The summed E-state index contributed by atoms with van der Waals surface area (Å²) >= 11 is 0. The predicted molar refractivity (Wildman–Crippen MR) is 68.4 cm³/mol. The van der Waals surface area contributed by atoms with E-state index in [-0.39, 0.29) is 18.9 Å². The fourth-order valence-corrected chi connectivity index (χ4v) is 1.42. The Morgan fingerprint density at radius 2 is 1.95 bits per heavy atom. The number of carboxylic acids is 1. The molecule has 0 radical (unpaired) electrons. The van der Waals surface area contributed by atoms with E-state index < -0.39 is 5.97 Å². The topological polar surface area (TPSA) is 84.9 Å². The maximum atomic E-state index is 11.2. The first-order valence-corrected chi connectivity index (χ1v) is 5.88. The standard InChI is InChI=1S/C13H17NO5/c1-18-10-5-2-3-6-11(10)19-8-4-7-12(15)14-9-13(16)17/h2-3,5-6H,4,7-9H2,1H3,(H,14,15)(H,16,17). The van der Waals surface area contributed by atoms with Crippen molar-refractivity contribution in [3.05, 3.63) is 24.3 Å². The van der Waals surface area contributed by atoms with E-state index in [9.17, 15) is 9.59 Å². The molecule has 6 heteroatoms. The third-order valence-electron chi connectivity index (χ3n) is 2.31. The van der Waals surface area contributed by atoms with Crippen LogP contribution >= 0.6 is 0 Å². The molecule has 1 aromatic carbocycles. The molecule has 0 aliphatic heterocycles. The lowest BCUT2D eigenvalue weighted by atomic mass is 10.3. The summed E-state index contributed by atoms with van der Waals surface area (Å²) in [7, 11) is 1.56. The number of carbonyl (C=O) groups is 2. The number of hydrogen-bond acceptors (Lipinski definition) is 4. The minimum absolute atomic E-state index is 0.225. The molecule has 0 saturated heterocycles. The number of methoxy groups -OCH3 is 1. The molecule has 0 fully saturated rings. The van der Waals surface area contributed by atoms with Gasteiger partial charge in [-0.05, 0) is 18.6 Å². The second-order valence-corrected chi connectivity index (χ2v) is 3.77. The van der Waals surface area contributed by atoms with E-state index in [0.29, 0.717) is 24.5 Å². The second kappa shape index (κ2) is 7.97. The van der Waals surface area contributed by atoms with Gasteiger partial charge in [-0.1, -0.05) is 12.1 Å². The number of hydrogen-bond donors (Lipinski definition) is 2. The number of amides is 1. The summed E-state index contributed by atoms with van der Waals surface area (Å²) in [4.78, 5) is 21.5. The summed E-state index contributed by atoms with van der Waals surface area (Å²) < 4.78 is 10.6. The molecular formula is C13H17NO5. The summed E-state index contributed by atoms with van der Waals surface area (Å²) in [5.41, 5.74) is 0. The van der Waals surface area contributed by atoms with Gasteiger partial charge in [-0.3, -0.25) is 9.59 Å². The van der Waals surface area contributed by atoms with Gasteiger partial charge in [-0.2, -0.15) is 0 Å². The summed E-state index contributed by atoms with van der Waals surface area (Å²) in [6.45, 7) is 0.00701. The molecule has 2 N–H and O–H groups in total. The van der Waals surface area contributed by atoms with Crippen molar-refractivity contribution in [3.63, 3.8) is 0 Å². The highest BCUT2D eigenvalue weighted by atomic mass is 16.5. The molecule has 0 saturated carbocycles. The lowest BCUT2D eigenvalue weighted by molar-refractivity contribution is -0.137. The molecule has 0 aliphatic carbocycles. The van der Waals surface area contributed by atoms with Gasteiger partial charge in [0.2, 0.25) is 5.91 Å². The Kier molecular flexibility index (Phi) is 6.21. The normalized spacial score (nSPS) is 9.74. The summed E-state index contributed by atoms with van der Waals surface area (Å²) in [6.07, 6.45) is 0.728. The summed E-state index contributed by atoms with van der Waals surface area (Å²) in [5.74, 6) is -0.0987. The van der Waals surface area contributed by atoms with Crippen LogP contribution in [0.3, 0.4) is 0 Å². The Hall–Kier alpha value is -2.24. The lowest BCUT2D eigenvalue weighted by Gasteiger charge is -2.09. The van der Waals surface area contributed by atoms with Crippen molar-refractivity contribution in [2.24, 2.45) is 0 Å². The van der Waals surface area contributed by atoms with Crippen LogP contribution in [0.1, 0.15) is 12.8 Å². The average molecular weight is 267 g/mol. The van der Waals surface area contributed by atoms with Gasteiger partial charge in [-0.15, -0.1) is 0 Å². The number of ether oxygens (including phenoxy) is 2. The van der Waals surface area contributed by atoms with Crippen LogP contribution in [-0.4, -0.2) is 37.2 Å². The van der Waals surface area contributed by atoms with Gasteiger partial charge in [0.25, 0.3) is 0 Å². The molecule has 0 bridgehead atoms. The van der Waals surface area contributed by atoms with Crippen molar-refractivity contribution in [2.75, 3.05) is 20.3 Å². The summed E-state index contributed by atoms with van der Waals surface area (Å²) in [5, 5.41) is 10.7. The Balaban J connectivity index is 2.23. The number of para-hydroxylation sites is 2. The van der Waals surface area contributed by atoms with Crippen LogP contribution in [0, 0.1) is 0 Å². The van der Waals surface area contributed by atoms with Crippen molar-refractivity contribution in [1.82, 2.24) is 5.32 Å². The van der Waals surface area contributed by atoms with Crippen molar-refractivity contribution in [3.8, 4) is 11.5 Å². The molecule has 0 heterocycles. The quantitative estimate of drug-likeness (QED) is 0.688. The van der Waals surface area contributed by atoms with Crippen molar-refractivity contribution in [2.45, 2.75) is 12.8 Å². The zero-order valence-corrected chi connectivity index (χ0v) is 10.7. The number of carboxylic acid groups (broad SMARTS) is 1. The maximum absolute atomic E-state index is 11.2. The lowest BCUT2D eigenvalue weighted by Crippen LogP contribution is -2.29. The van der Waals surface area contributed by atoms with Crippen LogP contribution in [0.5, 0.6) is 11.5 Å². The first-order chi connectivity index (χ1) is 9.13. The first kappa shape index (κ1) is 14.8. The number of carbonyl (C=O) groups excluding carboxylic acids is 1. The molecule has 104 valence electrons. The minimum Gasteiger partial charge on any atom is -0.493 e. The van der Waals surface area contributed by atoms with E-state index >= 15 is 0 Å². The third-order valence-corrected chi connectivity index (χ3v) is 2.31. The van der Waals surface area contributed by atoms with Gasteiger partial charge in [0.15, 0.2) is 11.5 Å². The molecule has 0 aromatic heterocycles. The molecule has 19 heavy (non-hydrogen) atoms. The highest BCUT2D eigenvalue weighted by molar-refractivity contribution is 5.80. The fourth-order valence-electron chi connectivity index (χ4n) is 1.42. The molecule has 6 nitrogen and oxygen atoms in total. The molecule has 0 aliphatic rings.